The number of aromatic amines is 1. The van der Waals surface area contributed by atoms with Crippen LogP contribution in [0.5, 0.6) is 0 Å². The Balaban J connectivity index is 2.40. The van der Waals surface area contributed by atoms with Crippen LogP contribution in [0.1, 0.15) is 5.56 Å². The molecule has 1 heterocycles. The average molecular weight is 337 g/mol. The zero-order valence-corrected chi connectivity index (χ0v) is 12.5. The molecule has 3 aromatic rings. The Labute approximate surface area is 123 Å². The van der Waals surface area contributed by atoms with Gasteiger partial charge < -0.3 is 4.98 Å². The Bertz CT molecular complexity index is 835. The van der Waals surface area contributed by atoms with Crippen molar-refractivity contribution in [2.75, 3.05) is 0 Å². The quantitative estimate of drug-likeness (QED) is 0.627. The van der Waals surface area contributed by atoms with Crippen molar-refractivity contribution < 1.29 is 4.39 Å². The van der Waals surface area contributed by atoms with Crippen molar-refractivity contribution in [2.45, 2.75) is 6.92 Å². The minimum Gasteiger partial charge on any atom is -0.328 e. The number of hydrogen-bond acceptors (Lipinski definition) is 1. The molecule has 19 heavy (non-hydrogen) atoms. The third kappa shape index (κ3) is 2.03. The minimum absolute atomic E-state index is 0.300. The van der Waals surface area contributed by atoms with Crippen LogP contribution in [-0.4, -0.2) is 9.55 Å². The van der Waals surface area contributed by atoms with Crippen molar-refractivity contribution in [3.05, 3.63) is 57.0 Å². The Morgan fingerprint density at radius 1 is 1.26 bits per heavy atom. The van der Waals surface area contributed by atoms with E-state index in [0.717, 1.165) is 21.2 Å². The summed E-state index contributed by atoms with van der Waals surface area (Å²) >= 11 is 8.84. The molecule has 0 atom stereocenters. The molecule has 0 amide bonds. The number of imidazole rings is 1. The van der Waals surface area contributed by atoms with E-state index < -0.39 is 0 Å². The molecule has 3 rings (SSSR count). The topological polar surface area (TPSA) is 20.7 Å². The second-order valence-electron chi connectivity index (χ2n) is 4.35. The van der Waals surface area contributed by atoms with Gasteiger partial charge in [-0.1, -0.05) is 12.1 Å². The molecule has 2 aromatic carbocycles. The number of benzene rings is 2. The summed E-state index contributed by atoms with van der Waals surface area (Å²) < 4.78 is 17.0. The molecule has 0 aliphatic heterocycles. The Hall–Kier alpha value is -1.46. The van der Waals surface area contributed by atoms with Gasteiger partial charge in [-0.05, 0) is 64.9 Å². The molecule has 2 nitrogen and oxygen atoms in total. The molecule has 1 N–H and O–H groups in total. The van der Waals surface area contributed by atoms with Gasteiger partial charge in [-0.2, -0.15) is 0 Å². The number of hydrogen-bond donors (Lipinski definition) is 1. The highest BCUT2D eigenvalue weighted by Gasteiger charge is 2.11. The summed E-state index contributed by atoms with van der Waals surface area (Å²) in [5.74, 6) is -0.300. The lowest BCUT2D eigenvalue weighted by Crippen LogP contribution is -1.95. The number of para-hydroxylation sites is 1. The van der Waals surface area contributed by atoms with E-state index in [2.05, 4.69) is 20.9 Å². The molecule has 0 saturated carbocycles. The van der Waals surface area contributed by atoms with E-state index in [1.165, 1.54) is 6.07 Å². The van der Waals surface area contributed by atoms with E-state index in [1.807, 2.05) is 35.8 Å². The predicted octanol–water partition coefficient (Wildman–Crippen LogP) is 4.90. The summed E-state index contributed by atoms with van der Waals surface area (Å²) in [5.41, 5.74) is 3.20. The third-order valence-corrected chi connectivity index (χ3v) is 3.93. The van der Waals surface area contributed by atoms with Crippen LogP contribution in [0.4, 0.5) is 4.39 Å². The summed E-state index contributed by atoms with van der Waals surface area (Å²) in [6.07, 6.45) is 0. The number of aryl methyl sites for hydroxylation is 1. The molecule has 0 unspecified atom stereocenters. The summed E-state index contributed by atoms with van der Waals surface area (Å²) in [6, 6.07) is 10.9. The van der Waals surface area contributed by atoms with Crippen molar-refractivity contribution in [3.63, 3.8) is 0 Å². The number of nitrogens with zero attached hydrogens (tertiary/aromatic N) is 1. The van der Waals surface area contributed by atoms with Gasteiger partial charge in [-0.15, -0.1) is 0 Å². The van der Waals surface area contributed by atoms with Crippen molar-refractivity contribution in [3.8, 4) is 5.69 Å². The SMILES string of the molecule is Cc1ccc(-n2c(=S)[nH]c3c(F)cccc32)c(Br)c1. The maximum Gasteiger partial charge on any atom is 0.182 e. The van der Waals surface area contributed by atoms with Crippen LogP contribution in [0.2, 0.25) is 0 Å². The number of aromatic nitrogens is 2. The molecular weight excluding hydrogens is 327 g/mol. The van der Waals surface area contributed by atoms with Crippen LogP contribution >= 0.6 is 28.1 Å². The molecule has 0 saturated heterocycles. The maximum atomic E-state index is 13.8. The first-order valence-electron chi connectivity index (χ1n) is 5.73. The molecule has 0 radical (unpaired) electrons. The van der Waals surface area contributed by atoms with Crippen LogP contribution in [0, 0.1) is 17.5 Å². The molecule has 0 bridgehead atoms. The minimum atomic E-state index is -0.300. The van der Waals surface area contributed by atoms with Gasteiger partial charge in [0.15, 0.2) is 4.77 Å². The van der Waals surface area contributed by atoms with Crippen LogP contribution in [-0.2, 0) is 0 Å². The zero-order valence-electron chi connectivity index (χ0n) is 10.1. The molecular formula is C14H10BrFN2S. The standard InChI is InChI=1S/C14H10BrFN2S/c1-8-5-6-11(9(15)7-8)18-12-4-2-3-10(16)13(12)17-14(18)19/h2-7H,1H3,(H,17,19). The highest BCUT2D eigenvalue weighted by atomic mass is 79.9. The highest BCUT2D eigenvalue weighted by molar-refractivity contribution is 9.10. The number of H-pyrrole nitrogens is 1. The largest absolute Gasteiger partial charge is 0.328 e. The summed E-state index contributed by atoms with van der Waals surface area (Å²) in [4.78, 5) is 2.92. The first kappa shape index (κ1) is 12.6. The van der Waals surface area contributed by atoms with Gasteiger partial charge in [-0.25, -0.2) is 4.39 Å². The fraction of sp³-hybridized carbons (Fsp3) is 0.0714. The van der Waals surface area contributed by atoms with Crippen molar-refractivity contribution in [1.29, 1.82) is 0 Å². The summed E-state index contributed by atoms with van der Waals surface area (Å²) in [6.45, 7) is 2.02. The molecule has 0 spiro atoms. The molecule has 1 aromatic heterocycles. The normalized spacial score (nSPS) is 11.1. The molecule has 0 fully saturated rings. The first-order chi connectivity index (χ1) is 9.08. The number of rotatable bonds is 1. The lowest BCUT2D eigenvalue weighted by molar-refractivity contribution is 0.637. The molecule has 0 aliphatic rings. The van der Waals surface area contributed by atoms with Crippen molar-refractivity contribution >= 4 is 39.2 Å². The number of nitrogens with one attached hydrogen (secondary N) is 1. The number of halogens is 2. The molecule has 0 aliphatic carbocycles. The van der Waals surface area contributed by atoms with Crippen molar-refractivity contribution in [1.82, 2.24) is 9.55 Å². The fourth-order valence-electron chi connectivity index (χ4n) is 2.13. The highest BCUT2D eigenvalue weighted by Crippen LogP contribution is 2.27. The van der Waals surface area contributed by atoms with E-state index in [0.29, 0.717) is 10.3 Å². The van der Waals surface area contributed by atoms with Crippen LogP contribution in [0.15, 0.2) is 40.9 Å². The maximum absolute atomic E-state index is 13.8. The smallest absolute Gasteiger partial charge is 0.182 e. The lowest BCUT2D eigenvalue weighted by atomic mass is 10.2. The van der Waals surface area contributed by atoms with Crippen LogP contribution < -0.4 is 0 Å². The van der Waals surface area contributed by atoms with Gasteiger partial charge in [0.05, 0.1) is 11.2 Å². The van der Waals surface area contributed by atoms with Gasteiger partial charge >= 0.3 is 0 Å². The van der Waals surface area contributed by atoms with E-state index in [1.54, 1.807) is 6.07 Å². The van der Waals surface area contributed by atoms with Crippen LogP contribution in [0.25, 0.3) is 16.7 Å². The third-order valence-electron chi connectivity index (χ3n) is 3.01. The fourth-order valence-corrected chi connectivity index (χ4v) is 3.10. The van der Waals surface area contributed by atoms with E-state index in [4.69, 9.17) is 12.2 Å². The zero-order chi connectivity index (χ0) is 13.6. The van der Waals surface area contributed by atoms with Gasteiger partial charge in [-0.3, -0.25) is 4.57 Å². The Morgan fingerprint density at radius 2 is 2.05 bits per heavy atom. The summed E-state index contributed by atoms with van der Waals surface area (Å²) in [5, 5.41) is 0. The van der Waals surface area contributed by atoms with Crippen molar-refractivity contribution in [2.24, 2.45) is 0 Å². The monoisotopic (exact) mass is 336 g/mol. The average Bonchev–Trinajstić information content (AvgIpc) is 2.68. The van der Waals surface area contributed by atoms with Gasteiger partial charge in [0.1, 0.15) is 11.3 Å². The van der Waals surface area contributed by atoms with Crippen LogP contribution in [0.3, 0.4) is 0 Å². The molecule has 96 valence electrons. The first-order valence-corrected chi connectivity index (χ1v) is 6.94. The van der Waals surface area contributed by atoms with E-state index >= 15 is 0 Å². The Kier molecular flexibility index (Phi) is 3.03. The van der Waals surface area contributed by atoms with Gasteiger partial charge in [0.2, 0.25) is 0 Å². The lowest BCUT2D eigenvalue weighted by Gasteiger charge is -2.08. The van der Waals surface area contributed by atoms with Gasteiger partial charge in [0.25, 0.3) is 0 Å². The number of fused-ring (bicyclic) bond motifs is 1. The second kappa shape index (κ2) is 4.58. The predicted molar refractivity (Wildman–Crippen MR) is 80.9 cm³/mol. The summed E-state index contributed by atoms with van der Waals surface area (Å²) in [7, 11) is 0. The van der Waals surface area contributed by atoms with Gasteiger partial charge in [0, 0.05) is 4.47 Å². The molecule has 5 heteroatoms. The van der Waals surface area contributed by atoms with E-state index in [9.17, 15) is 4.39 Å². The van der Waals surface area contributed by atoms with E-state index in [-0.39, 0.29) is 5.82 Å². The Morgan fingerprint density at radius 3 is 2.79 bits per heavy atom. The second-order valence-corrected chi connectivity index (χ2v) is 5.60.